The van der Waals surface area contributed by atoms with Gasteiger partial charge in [0.15, 0.2) is 0 Å². The van der Waals surface area contributed by atoms with Crippen molar-refractivity contribution in [3.05, 3.63) is 58.1 Å². The summed E-state index contributed by atoms with van der Waals surface area (Å²) in [6.07, 6.45) is 0. The van der Waals surface area contributed by atoms with Crippen LogP contribution in [0.4, 0.5) is 5.69 Å². The molecule has 0 radical (unpaired) electrons. The van der Waals surface area contributed by atoms with Crippen LogP contribution in [0.5, 0.6) is 0 Å². The minimum Gasteiger partial charge on any atom is -0.411 e. The van der Waals surface area contributed by atoms with Crippen LogP contribution >= 0.6 is 23.4 Å². The third-order valence-electron chi connectivity index (χ3n) is 4.05. The Balaban J connectivity index is 1.69. The summed E-state index contributed by atoms with van der Waals surface area (Å²) in [7, 11) is 0. The number of benzene rings is 2. The molecule has 0 fully saturated rings. The average molecular weight is 402 g/mol. The number of amides is 1. The van der Waals surface area contributed by atoms with Gasteiger partial charge in [0, 0.05) is 16.3 Å². The van der Waals surface area contributed by atoms with Gasteiger partial charge in [-0.1, -0.05) is 46.6 Å². The first-order valence-corrected chi connectivity index (χ1v) is 9.74. The molecular formula is C20H20ClN3O2S. The van der Waals surface area contributed by atoms with Crippen LogP contribution in [0.1, 0.15) is 23.6 Å². The molecule has 0 unspecified atom stereocenters. The molecule has 1 heterocycles. The van der Waals surface area contributed by atoms with Gasteiger partial charge in [-0.2, -0.15) is 0 Å². The van der Waals surface area contributed by atoms with Gasteiger partial charge in [0.25, 0.3) is 5.22 Å². The highest BCUT2D eigenvalue weighted by Crippen LogP contribution is 2.29. The lowest BCUT2D eigenvalue weighted by Crippen LogP contribution is -2.22. The van der Waals surface area contributed by atoms with E-state index in [4.69, 9.17) is 16.0 Å². The molecule has 3 aromatic rings. The summed E-state index contributed by atoms with van der Waals surface area (Å²) in [5.41, 5.74) is 4.66. The molecule has 0 aliphatic carbocycles. The number of aryl methyl sites for hydroxylation is 2. The first-order chi connectivity index (χ1) is 12.8. The van der Waals surface area contributed by atoms with Gasteiger partial charge in [0.05, 0.1) is 5.25 Å². The Bertz CT molecular complexity index is 967. The zero-order valence-corrected chi connectivity index (χ0v) is 17.1. The average Bonchev–Trinajstić information content (AvgIpc) is 3.06. The number of thioether (sulfide) groups is 1. The highest BCUT2D eigenvalue weighted by molar-refractivity contribution is 8.00. The van der Waals surface area contributed by atoms with Crippen molar-refractivity contribution in [1.29, 1.82) is 0 Å². The lowest BCUT2D eigenvalue weighted by Gasteiger charge is -2.12. The predicted molar refractivity (Wildman–Crippen MR) is 109 cm³/mol. The first kappa shape index (κ1) is 19.5. The Morgan fingerprint density at radius 3 is 2.56 bits per heavy atom. The Morgan fingerprint density at radius 2 is 1.85 bits per heavy atom. The van der Waals surface area contributed by atoms with Crippen LogP contribution in [0.15, 0.2) is 46.0 Å². The van der Waals surface area contributed by atoms with E-state index in [0.29, 0.717) is 21.8 Å². The topological polar surface area (TPSA) is 68.0 Å². The Kier molecular flexibility index (Phi) is 5.87. The van der Waals surface area contributed by atoms with Crippen LogP contribution in [0.2, 0.25) is 5.02 Å². The monoisotopic (exact) mass is 401 g/mol. The molecule has 7 heteroatoms. The molecule has 0 saturated heterocycles. The minimum absolute atomic E-state index is 0.156. The largest absolute Gasteiger partial charge is 0.411 e. The maximum Gasteiger partial charge on any atom is 0.277 e. The van der Waals surface area contributed by atoms with E-state index in [2.05, 4.69) is 21.6 Å². The van der Waals surface area contributed by atoms with E-state index in [1.807, 2.05) is 39.0 Å². The van der Waals surface area contributed by atoms with Gasteiger partial charge in [0.1, 0.15) is 0 Å². The number of aromatic nitrogens is 2. The van der Waals surface area contributed by atoms with Crippen molar-refractivity contribution < 1.29 is 9.21 Å². The third kappa shape index (κ3) is 4.70. The molecule has 27 heavy (non-hydrogen) atoms. The molecule has 1 aromatic heterocycles. The molecule has 0 aliphatic heterocycles. The minimum atomic E-state index is -0.407. The molecule has 1 amide bonds. The van der Waals surface area contributed by atoms with Crippen molar-refractivity contribution in [2.24, 2.45) is 0 Å². The lowest BCUT2D eigenvalue weighted by molar-refractivity contribution is -0.115. The zero-order valence-electron chi connectivity index (χ0n) is 15.5. The van der Waals surface area contributed by atoms with Crippen LogP contribution in [0.3, 0.4) is 0 Å². The van der Waals surface area contributed by atoms with Crippen LogP contribution in [-0.2, 0) is 4.79 Å². The fraction of sp³-hybridized carbons (Fsp3) is 0.250. The smallest absolute Gasteiger partial charge is 0.277 e. The van der Waals surface area contributed by atoms with Crippen LogP contribution in [-0.4, -0.2) is 21.4 Å². The molecule has 140 valence electrons. The maximum absolute atomic E-state index is 12.5. The van der Waals surface area contributed by atoms with Gasteiger partial charge in [0.2, 0.25) is 11.8 Å². The number of rotatable bonds is 5. The van der Waals surface area contributed by atoms with E-state index in [9.17, 15) is 4.79 Å². The fourth-order valence-corrected chi connectivity index (χ4v) is 3.51. The van der Waals surface area contributed by atoms with Crippen LogP contribution in [0, 0.1) is 20.8 Å². The fourth-order valence-electron chi connectivity index (χ4n) is 2.65. The van der Waals surface area contributed by atoms with Crippen LogP contribution in [0.25, 0.3) is 11.5 Å². The molecule has 0 aliphatic rings. The second kappa shape index (κ2) is 8.15. The Hall–Kier alpha value is -2.31. The molecule has 1 atom stereocenters. The molecule has 5 nitrogen and oxygen atoms in total. The summed E-state index contributed by atoms with van der Waals surface area (Å²) in [4.78, 5) is 12.5. The van der Waals surface area contributed by atoms with E-state index in [-0.39, 0.29) is 5.91 Å². The van der Waals surface area contributed by atoms with Crippen molar-refractivity contribution in [1.82, 2.24) is 10.2 Å². The molecular weight excluding hydrogens is 382 g/mol. The molecule has 0 spiro atoms. The highest BCUT2D eigenvalue weighted by Gasteiger charge is 2.20. The van der Waals surface area contributed by atoms with Gasteiger partial charge in [-0.25, -0.2) is 0 Å². The van der Waals surface area contributed by atoms with Crippen molar-refractivity contribution in [2.75, 3.05) is 5.32 Å². The SMILES string of the molecule is Cc1cc(C)cc(-c2nnc(S[C@H](C)C(=O)Nc3cccc(Cl)c3C)o2)c1. The summed E-state index contributed by atoms with van der Waals surface area (Å²) < 4.78 is 5.73. The number of nitrogens with one attached hydrogen (secondary N) is 1. The normalized spacial score (nSPS) is 12.0. The molecule has 0 saturated carbocycles. The quantitative estimate of drug-likeness (QED) is 0.577. The zero-order chi connectivity index (χ0) is 19.6. The molecule has 2 aromatic carbocycles. The van der Waals surface area contributed by atoms with Gasteiger partial charge in [-0.05, 0) is 57.5 Å². The van der Waals surface area contributed by atoms with Crippen molar-refractivity contribution in [2.45, 2.75) is 38.2 Å². The van der Waals surface area contributed by atoms with Gasteiger partial charge in [-0.3, -0.25) is 4.79 Å². The Morgan fingerprint density at radius 1 is 1.15 bits per heavy atom. The first-order valence-electron chi connectivity index (χ1n) is 8.48. The van der Waals surface area contributed by atoms with E-state index in [1.54, 1.807) is 19.1 Å². The lowest BCUT2D eigenvalue weighted by atomic mass is 10.1. The standard InChI is InChI=1S/C20H20ClN3O2S/c1-11-8-12(2)10-15(9-11)19-23-24-20(26-19)27-14(4)18(25)22-17-7-5-6-16(21)13(17)3/h5-10,14H,1-4H3,(H,22,25)/t14-/m1/s1. The number of nitrogens with zero attached hydrogens (tertiary/aromatic N) is 2. The number of hydrogen-bond acceptors (Lipinski definition) is 5. The summed E-state index contributed by atoms with van der Waals surface area (Å²) in [5, 5.41) is 11.6. The summed E-state index contributed by atoms with van der Waals surface area (Å²) in [6, 6.07) is 11.5. The summed E-state index contributed by atoms with van der Waals surface area (Å²) >= 11 is 7.32. The van der Waals surface area contributed by atoms with Crippen molar-refractivity contribution in [3.63, 3.8) is 0 Å². The number of carbonyl (C=O) groups excluding carboxylic acids is 1. The van der Waals surface area contributed by atoms with Gasteiger partial charge >= 0.3 is 0 Å². The Labute approximate surface area is 167 Å². The predicted octanol–water partition coefficient (Wildman–Crippen LogP) is 5.43. The van der Waals surface area contributed by atoms with Crippen molar-refractivity contribution >= 4 is 35.0 Å². The van der Waals surface area contributed by atoms with E-state index < -0.39 is 5.25 Å². The summed E-state index contributed by atoms with van der Waals surface area (Å²) in [5.74, 6) is 0.291. The highest BCUT2D eigenvalue weighted by atomic mass is 35.5. The van der Waals surface area contributed by atoms with Crippen molar-refractivity contribution in [3.8, 4) is 11.5 Å². The van der Waals surface area contributed by atoms with Gasteiger partial charge < -0.3 is 9.73 Å². The maximum atomic E-state index is 12.5. The third-order valence-corrected chi connectivity index (χ3v) is 5.39. The van der Waals surface area contributed by atoms with Gasteiger partial charge in [-0.15, -0.1) is 10.2 Å². The number of hydrogen-bond donors (Lipinski definition) is 1. The van der Waals surface area contributed by atoms with Crippen LogP contribution < -0.4 is 5.32 Å². The number of anilines is 1. The molecule has 3 rings (SSSR count). The second-order valence-electron chi connectivity index (χ2n) is 6.41. The van der Waals surface area contributed by atoms with E-state index >= 15 is 0 Å². The van der Waals surface area contributed by atoms with E-state index in [1.165, 1.54) is 11.8 Å². The number of halogens is 1. The van der Waals surface area contributed by atoms with E-state index in [0.717, 1.165) is 22.3 Å². The summed E-state index contributed by atoms with van der Waals surface area (Å²) in [6.45, 7) is 7.70. The molecule has 0 bridgehead atoms. The second-order valence-corrected chi connectivity index (χ2v) is 8.11. The number of carbonyl (C=O) groups is 1. The molecule has 1 N–H and O–H groups in total.